The minimum atomic E-state index is -1.26. The zero-order chi connectivity index (χ0) is 21.4. The van der Waals surface area contributed by atoms with Gasteiger partial charge >= 0.3 is 6.09 Å². The van der Waals surface area contributed by atoms with Gasteiger partial charge in [0.1, 0.15) is 23.1 Å². The summed E-state index contributed by atoms with van der Waals surface area (Å²) >= 11 is 0. The number of anilines is 1. The Labute approximate surface area is 161 Å². The molecule has 9 heteroatoms. The third kappa shape index (κ3) is 4.08. The summed E-state index contributed by atoms with van der Waals surface area (Å²) in [6.07, 6.45) is -1.26. The summed E-state index contributed by atoms with van der Waals surface area (Å²) in [6.45, 7) is 8.41. The first-order valence-corrected chi connectivity index (χ1v) is 8.69. The van der Waals surface area contributed by atoms with Crippen molar-refractivity contribution < 1.29 is 28.3 Å². The maximum atomic E-state index is 13.7. The molecule has 2 aromatic rings. The molecule has 1 atom stereocenters. The Kier molecular flexibility index (Phi) is 5.67. The smallest absolute Gasteiger partial charge is 0.408 e. The average molecular weight is 393 g/mol. The summed E-state index contributed by atoms with van der Waals surface area (Å²) in [5.41, 5.74) is 4.54. The van der Waals surface area contributed by atoms with Crippen LogP contribution < -0.4 is 11.1 Å². The van der Waals surface area contributed by atoms with E-state index in [1.54, 1.807) is 34.6 Å². The number of furan rings is 1. The summed E-state index contributed by atoms with van der Waals surface area (Å²) in [4.78, 5) is 37.7. The number of fused-ring (bicyclic) bond motifs is 1. The average Bonchev–Trinajstić information content (AvgIpc) is 2.88. The second-order valence-electron chi connectivity index (χ2n) is 7.81. The molecule has 0 saturated heterocycles. The number of carbonyl (C=O) groups is 3. The molecule has 3 amide bonds. The highest BCUT2D eigenvalue weighted by Crippen LogP contribution is 2.32. The predicted octanol–water partition coefficient (Wildman–Crippen LogP) is 3.41. The summed E-state index contributed by atoms with van der Waals surface area (Å²) < 4.78 is 19.0. The highest BCUT2D eigenvalue weighted by Gasteiger charge is 2.40. The van der Waals surface area contributed by atoms with Gasteiger partial charge in [0.15, 0.2) is 0 Å². The van der Waals surface area contributed by atoms with Gasteiger partial charge < -0.3 is 20.6 Å². The number of rotatable bonds is 5. The van der Waals surface area contributed by atoms with Crippen LogP contribution in [0.3, 0.4) is 0 Å². The molecule has 0 aliphatic carbocycles. The lowest BCUT2D eigenvalue weighted by Gasteiger charge is -2.40. The van der Waals surface area contributed by atoms with E-state index in [-0.39, 0.29) is 28.3 Å². The third-order valence-electron chi connectivity index (χ3n) is 4.23. The fourth-order valence-electron chi connectivity index (χ4n) is 3.11. The molecule has 0 aliphatic rings. The van der Waals surface area contributed by atoms with Crippen LogP contribution in [0.5, 0.6) is 0 Å². The Hall–Kier alpha value is -3.10. The maximum Gasteiger partial charge on any atom is 0.408 e. The summed E-state index contributed by atoms with van der Waals surface area (Å²) in [5, 5.41) is 12.3. The minimum absolute atomic E-state index is 0.0862. The van der Waals surface area contributed by atoms with Crippen molar-refractivity contribution in [3.8, 4) is 0 Å². The summed E-state index contributed by atoms with van der Waals surface area (Å²) in [6, 6.07) is 2.48. The van der Waals surface area contributed by atoms with E-state index in [0.717, 1.165) is 17.0 Å². The number of nitrogens with zero attached hydrogens (tertiary/aromatic N) is 1. The molecule has 8 nitrogen and oxygen atoms in total. The lowest BCUT2D eigenvalue weighted by Crippen LogP contribution is -2.57. The number of primary amides is 1. The number of hydrogen-bond acceptors (Lipinski definition) is 4. The zero-order valence-electron chi connectivity index (χ0n) is 16.4. The molecule has 0 bridgehead atoms. The van der Waals surface area contributed by atoms with Crippen LogP contribution in [-0.2, 0) is 4.79 Å². The first kappa shape index (κ1) is 21.2. The number of nitrogens with two attached hydrogens (primary N) is 1. The van der Waals surface area contributed by atoms with E-state index in [2.05, 4.69) is 5.32 Å². The van der Waals surface area contributed by atoms with Crippen LogP contribution in [-0.4, -0.2) is 39.5 Å². The third-order valence-corrected chi connectivity index (χ3v) is 4.23. The van der Waals surface area contributed by atoms with Crippen molar-refractivity contribution in [2.75, 3.05) is 5.32 Å². The van der Waals surface area contributed by atoms with Gasteiger partial charge in [0.25, 0.3) is 5.91 Å². The molecule has 0 aliphatic heterocycles. The fraction of sp³-hybridized carbons (Fsp3) is 0.421. The molecule has 0 spiro atoms. The van der Waals surface area contributed by atoms with E-state index in [4.69, 9.17) is 10.2 Å². The first-order valence-electron chi connectivity index (χ1n) is 8.69. The summed E-state index contributed by atoms with van der Waals surface area (Å²) in [7, 11) is 0. The maximum absolute atomic E-state index is 13.7. The number of carboxylic acid groups (broad SMARTS) is 1. The van der Waals surface area contributed by atoms with Crippen LogP contribution in [0.2, 0.25) is 0 Å². The monoisotopic (exact) mass is 393 g/mol. The van der Waals surface area contributed by atoms with E-state index in [1.165, 1.54) is 6.07 Å². The quantitative estimate of drug-likeness (QED) is 0.718. The largest absolute Gasteiger partial charge is 0.465 e. The Bertz CT molecular complexity index is 930. The summed E-state index contributed by atoms with van der Waals surface area (Å²) in [5.74, 6) is -2.95. The van der Waals surface area contributed by atoms with E-state index >= 15 is 0 Å². The minimum Gasteiger partial charge on any atom is -0.465 e. The second-order valence-corrected chi connectivity index (χ2v) is 7.81. The number of carbonyl (C=O) groups excluding carboxylic acids is 2. The van der Waals surface area contributed by atoms with Crippen LogP contribution in [0.4, 0.5) is 14.9 Å². The molecular formula is C19H24FN3O5. The lowest BCUT2D eigenvalue weighted by molar-refractivity contribution is -0.124. The van der Waals surface area contributed by atoms with Crippen molar-refractivity contribution in [3.05, 3.63) is 29.8 Å². The SMILES string of the molecule is CC(C)[C@H](C(=O)Nc1c(C(N)=O)oc2ccc(F)cc12)N(C(=O)O)C(C)(C)C. The van der Waals surface area contributed by atoms with Crippen molar-refractivity contribution in [3.63, 3.8) is 0 Å². The molecule has 28 heavy (non-hydrogen) atoms. The fourth-order valence-corrected chi connectivity index (χ4v) is 3.11. The van der Waals surface area contributed by atoms with Crippen molar-refractivity contribution >= 4 is 34.6 Å². The van der Waals surface area contributed by atoms with Gasteiger partial charge in [-0.2, -0.15) is 0 Å². The van der Waals surface area contributed by atoms with E-state index in [1.807, 2.05) is 0 Å². The van der Waals surface area contributed by atoms with Crippen molar-refractivity contribution in [1.82, 2.24) is 4.90 Å². The number of nitrogens with one attached hydrogen (secondary N) is 1. The van der Waals surface area contributed by atoms with Gasteiger partial charge in [-0.05, 0) is 44.9 Å². The molecule has 0 radical (unpaired) electrons. The van der Waals surface area contributed by atoms with Gasteiger partial charge in [-0.25, -0.2) is 9.18 Å². The molecule has 4 N–H and O–H groups in total. The normalized spacial score (nSPS) is 12.8. The molecular weight excluding hydrogens is 369 g/mol. The van der Waals surface area contributed by atoms with Crippen LogP contribution in [0.1, 0.15) is 45.2 Å². The standard InChI is InChI=1S/C19H24FN3O5/c1-9(2)14(23(18(26)27)19(3,4)5)17(25)22-13-11-8-10(20)6-7-12(11)28-15(13)16(21)24/h6-9,14H,1-5H3,(H2,21,24)(H,22,25)(H,26,27)/t14-/m1/s1. The lowest BCUT2D eigenvalue weighted by atomic mass is 9.95. The van der Waals surface area contributed by atoms with Gasteiger partial charge in [0.05, 0.1) is 0 Å². The Morgan fingerprint density at radius 3 is 2.32 bits per heavy atom. The number of halogens is 1. The van der Waals surface area contributed by atoms with Gasteiger partial charge in [0.2, 0.25) is 11.7 Å². The van der Waals surface area contributed by atoms with E-state index in [9.17, 15) is 23.9 Å². The Balaban J connectivity index is 2.55. The van der Waals surface area contributed by atoms with Crippen molar-refractivity contribution in [1.29, 1.82) is 0 Å². The Morgan fingerprint density at radius 2 is 1.86 bits per heavy atom. The van der Waals surface area contributed by atoms with Crippen molar-refractivity contribution in [2.24, 2.45) is 11.7 Å². The van der Waals surface area contributed by atoms with Gasteiger partial charge in [-0.15, -0.1) is 0 Å². The highest BCUT2D eigenvalue weighted by atomic mass is 19.1. The first-order chi connectivity index (χ1) is 12.8. The molecule has 2 rings (SSSR count). The van der Waals surface area contributed by atoms with Gasteiger partial charge in [0, 0.05) is 10.9 Å². The molecule has 1 aromatic heterocycles. The van der Waals surface area contributed by atoms with Crippen LogP contribution in [0.15, 0.2) is 22.6 Å². The molecule has 152 valence electrons. The van der Waals surface area contributed by atoms with Gasteiger partial charge in [-0.3, -0.25) is 14.5 Å². The number of hydrogen-bond donors (Lipinski definition) is 3. The van der Waals surface area contributed by atoms with Crippen LogP contribution in [0.25, 0.3) is 11.0 Å². The molecule has 0 fully saturated rings. The predicted molar refractivity (Wildman–Crippen MR) is 102 cm³/mol. The van der Waals surface area contributed by atoms with Crippen LogP contribution in [0, 0.1) is 11.7 Å². The zero-order valence-corrected chi connectivity index (χ0v) is 16.4. The molecule has 1 aromatic carbocycles. The van der Waals surface area contributed by atoms with Crippen molar-refractivity contribution in [2.45, 2.75) is 46.2 Å². The highest BCUT2D eigenvalue weighted by molar-refractivity contribution is 6.11. The topological polar surface area (TPSA) is 126 Å². The van der Waals surface area contributed by atoms with Gasteiger partial charge in [-0.1, -0.05) is 13.8 Å². The second kappa shape index (κ2) is 7.49. The Morgan fingerprint density at radius 1 is 1.25 bits per heavy atom. The van der Waals surface area contributed by atoms with E-state index in [0.29, 0.717) is 0 Å². The number of amides is 3. The molecule has 0 saturated carbocycles. The van der Waals surface area contributed by atoms with Crippen LogP contribution >= 0.6 is 0 Å². The molecule has 0 unspecified atom stereocenters. The number of benzene rings is 1. The van der Waals surface area contributed by atoms with E-state index < -0.39 is 35.3 Å². The molecule has 1 heterocycles.